The van der Waals surface area contributed by atoms with Crippen LogP contribution in [0.25, 0.3) is 44.5 Å². The van der Waals surface area contributed by atoms with Crippen molar-refractivity contribution in [2.24, 2.45) is 0 Å². The van der Waals surface area contributed by atoms with Gasteiger partial charge in [-0.2, -0.15) is 0 Å². The van der Waals surface area contributed by atoms with Gasteiger partial charge in [-0.1, -0.05) is 136 Å². The van der Waals surface area contributed by atoms with Gasteiger partial charge in [0.25, 0.3) is 0 Å². The topological polar surface area (TPSA) is 3.24 Å². The molecule has 0 bridgehead atoms. The van der Waals surface area contributed by atoms with Gasteiger partial charge in [0.05, 0.1) is 0 Å². The van der Waals surface area contributed by atoms with E-state index in [0.717, 1.165) is 17.1 Å². The summed E-state index contributed by atoms with van der Waals surface area (Å²) in [6.45, 7) is 11.6. The zero-order valence-corrected chi connectivity index (χ0v) is 29.5. The average molecular weight is 644 g/mol. The van der Waals surface area contributed by atoms with Crippen LogP contribution in [0.4, 0.5) is 17.1 Å². The van der Waals surface area contributed by atoms with Gasteiger partial charge in [0.2, 0.25) is 0 Å². The molecule has 0 spiro atoms. The number of para-hydroxylation sites is 1. The first-order chi connectivity index (χ1) is 24.2. The molecule has 0 saturated heterocycles. The molecule has 2 aliphatic rings. The number of nitrogens with zero attached hydrogens (tertiary/aromatic N) is 1. The summed E-state index contributed by atoms with van der Waals surface area (Å²) >= 11 is 0. The lowest BCUT2D eigenvalue weighted by molar-refractivity contribution is 0.660. The van der Waals surface area contributed by atoms with Crippen LogP contribution in [0.15, 0.2) is 158 Å². The Labute approximate surface area is 296 Å². The van der Waals surface area contributed by atoms with E-state index in [2.05, 4.69) is 197 Å². The second kappa shape index (κ2) is 11.2. The molecule has 0 atom stereocenters. The summed E-state index contributed by atoms with van der Waals surface area (Å²) in [5.41, 5.74) is 20.4. The summed E-state index contributed by atoms with van der Waals surface area (Å²) < 4.78 is 0. The normalized spacial score (nSPS) is 14.4. The van der Waals surface area contributed by atoms with E-state index in [9.17, 15) is 0 Å². The van der Waals surface area contributed by atoms with Gasteiger partial charge in [-0.3, -0.25) is 0 Å². The van der Waals surface area contributed by atoms with E-state index in [-0.39, 0.29) is 10.8 Å². The lowest BCUT2D eigenvalue weighted by Crippen LogP contribution is -2.15. The molecule has 0 aliphatic heterocycles. The van der Waals surface area contributed by atoms with Crippen molar-refractivity contribution >= 4 is 17.1 Å². The Bertz CT molecular complexity index is 2300. The Hall–Kier alpha value is -5.66. The maximum absolute atomic E-state index is 2.44. The molecule has 9 rings (SSSR count). The van der Waals surface area contributed by atoms with Crippen LogP contribution in [0.3, 0.4) is 0 Å². The van der Waals surface area contributed by atoms with E-state index in [4.69, 9.17) is 0 Å². The zero-order valence-electron chi connectivity index (χ0n) is 29.5. The van der Waals surface area contributed by atoms with E-state index in [0.29, 0.717) is 0 Å². The van der Waals surface area contributed by atoms with Crippen LogP contribution in [0.2, 0.25) is 0 Å². The summed E-state index contributed by atoms with van der Waals surface area (Å²) in [6.07, 6.45) is 0. The van der Waals surface area contributed by atoms with Gasteiger partial charge < -0.3 is 4.90 Å². The van der Waals surface area contributed by atoms with Crippen molar-refractivity contribution in [2.45, 2.75) is 45.4 Å². The highest BCUT2D eigenvalue weighted by Crippen LogP contribution is 2.52. The van der Waals surface area contributed by atoms with Crippen LogP contribution in [0, 0.1) is 6.92 Å². The predicted molar refractivity (Wildman–Crippen MR) is 212 cm³/mol. The zero-order chi connectivity index (χ0) is 34.2. The van der Waals surface area contributed by atoms with Crippen molar-refractivity contribution in [1.29, 1.82) is 0 Å². The van der Waals surface area contributed by atoms with Gasteiger partial charge in [-0.25, -0.2) is 0 Å². The molecule has 242 valence electrons. The van der Waals surface area contributed by atoms with Crippen LogP contribution in [-0.4, -0.2) is 0 Å². The number of rotatable bonds is 5. The Kier molecular flexibility index (Phi) is 6.80. The molecule has 7 aromatic rings. The maximum Gasteiger partial charge on any atom is 0.0473 e. The lowest BCUT2D eigenvalue weighted by Gasteiger charge is -2.27. The Balaban J connectivity index is 1.26. The molecule has 0 unspecified atom stereocenters. The second-order valence-corrected chi connectivity index (χ2v) is 15.1. The highest BCUT2D eigenvalue weighted by Gasteiger charge is 2.36. The molecule has 1 heteroatoms. The summed E-state index contributed by atoms with van der Waals surface area (Å²) in [5, 5.41) is 0. The van der Waals surface area contributed by atoms with Gasteiger partial charge in [-0.15, -0.1) is 0 Å². The number of benzene rings is 7. The highest BCUT2D eigenvalue weighted by atomic mass is 15.1. The van der Waals surface area contributed by atoms with Gasteiger partial charge in [-0.05, 0) is 128 Å². The number of hydrogen-bond donors (Lipinski definition) is 0. The minimum atomic E-state index is -0.0685. The summed E-state index contributed by atoms with van der Waals surface area (Å²) in [7, 11) is 0. The van der Waals surface area contributed by atoms with E-state index in [1.165, 1.54) is 72.3 Å². The quantitative estimate of drug-likeness (QED) is 0.180. The van der Waals surface area contributed by atoms with E-state index in [1.807, 2.05) is 0 Å². The Morgan fingerprint density at radius 1 is 0.340 bits per heavy atom. The smallest absolute Gasteiger partial charge is 0.0473 e. The molecule has 7 aromatic carbocycles. The van der Waals surface area contributed by atoms with Crippen LogP contribution in [0.5, 0.6) is 0 Å². The average Bonchev–Trinajstić information content (AvgIpc) is 3.52. The monoisotopic (exact) mass is 643 g/mol. The van der Waals surface area contributed by atoms with E-state index >= 15 is 0 Å². The molecule has 0 fully saturated rings. The highest BCUT2D eigenvalue weighted by molar-refractivity contribution is 5.89. The summed E-state index contributed by atoms with van der Waals surface area (Å²) in [4.78, 5) is 2.40. The van der Waals surface area contributed by atoms with Crippen molar-refractivity contribution in [3.63, 3.8) is 0 Å². The van der Waals surface area contributed by atoms with Crippen molar-refractivity contribution in [3.8, 4) is 44.5 Å². The minimum Gasteiger partial charge on any atom is -0.310 e. The molecule has 1 nitrogen and oxygen atoms in total. The molecule has 0 N–H and O–H groups in total. The third kappa shape index (κ3) is 4.68. The number of anilines is 3. The second-order valence-electron chi connectivity index (χ2n) is 15.1. The number of hydrogen-bond acceptors (Lipinski definition) is 1. The minimum absolute atomic E-state index is 0.0685. The molecule has 0 aromatic heterocycles. The SMILES string of the molecule is Cc1ccc(N(c2ccccc2)c2cc(-c3ccc4c(c3)C(C)(C)c3ccccc3-4)cc(-c3ccc4c(c3)C(C)(C)c3ccccc3-4)c2)cc1. The molecular weight excluding hydrogens is 603 g/mol. The molecule has 0 saturated carbocycles. The Morgan fingerprint density at radius 3 is 1.30 bits per heavy atom. The summed E-state index contributed by atoms with van der Waals surface area (Å²) in [5.74, 6) is 0. The van der Waals surface area contributed by atoms with Gasteiger partial charge in [0.15, 0.2) is 0 Å². The first-order valence-electron chi connectivity index (χ1n) is 17.8. The first-order valence-corrected chi connectivity index (χ1v) is 17.8. The first kappa shape index (κ1) is 30.4. The fourth-order valence-electron chi connectivity index (χ4n) is 8.56. The summed E-state index contributed by atoms with van der Waals surface area (Å²) in [6, 6.07) is 58.8. The molecule has 2 aliphatic carbocycles. The standard InChI is InChI=1S/C49H41N/c1-32-19-23-38(24-20-32)50(37-13-7-6-8-14-37)39-28-35(33-21-25-42-40-15-9-11-17-44(40)48(2,3)46(42)30-33)27-36(29-39)34-22-26-43-41-16-10-12-18-45(41)49(4,5)47(43)31-34/h6-31H,1-5H3. The molecular formula is C49H41N. The van der Waals surface area contributed by atoms with Crippen LogP contribution >= 0.6 is 0 Å². The van der Waals surface area contributed by atoms with Crippen LogP contribution in [0.1, 0.15) is 55.5 Å². The van der Waals surface area contributed by atoms with Crippen molar-refractivity contribution in [2.75, 3.05) is 4.90 Å². The fourth-order valence-corrected chi connectivity index (χ4v) is 8.56. The third-order valence-corrected chi connectivity index (χ3v) is 11.3. The molecule has 0 amide bonds. The number of fused-ring (bicyclic) bond motifs is 6. The van der Waals surface area contributed by atoms with Crippen LogP contribution < -0.4 is 4.90 Å². The van der Waals surface area contributed by atoms with Crippen molar-refractivity contribution in [1.82, 2.24) is 0 Å². The maximum atomic E-state index is 2.44. The van der Waals surface area contributed by atoms with Crippen molar-refractivity contribution in [3.05, 3.63) is 186 Å². The lowest BCUT2D eigenvalue weighted by atomic mass is 9.81. The van der Waals surface area contributed by atoms with E-state index < -0.39 is 0 Å². The molecule has 50 heavy (non-hydrogen) atoms. The largest absolute Gasteiger partial charge is 0.310 e. The van der Waals surface area contributed by atoms with Crippen LogP contribution in [-0.2, 0) is 10.8 Å². The van der Waals surface area contributed by atoms with Gasteiger partial charge >= 0.3 is 0 Å². The molecule has 0 heterocycles. The molecule has 0 radical (unpaired) electrons. The van der Waals surface area contributed by atoms with Crippen molar-refractivity contribution < 1.29 is 0 Å². The third-order valence-electron chi connectivity index (χ3n) is 11.3. The predicted octanol–water partition coefficient (Wildman–Crippen LogP) is 13.4. The number of aryl methyl sites for hydroxylation is 1. The fraction of sp³-hybridized carbons (Fsp3) is 0.143. The van der Waals surface area contributed by atoms with Gasteiger partial charge in [0, 0.05) is 27.9 Å². The Morgan fingerprint density at radius 2 is 0.780 bits per heavy atom. The van der Waals surface area contributed by atoms with Gasteiger partial charge in [0.1, 0.15) is 0 Å². The van der Waals surface area contributed by atoms with E-state index in [1.54, 1.807) is 0 Å².